The van der Waals surface area contributed by atoms with E-state index < -0.39 is 34.7 Å². The minimum atomic E-state index is -4.81. The average molecular weight is 503 g/mol. The lowest BCUT2D eigenvalue weighted by Gasteiger charge is -2.19. The Kier molecular flexibility index (Phi) is 4.99. The normalized spacial score (nSPS) is 24.2. The maximum Gasteiger partial charge on any atom is 0.418 e. The summed E-state index contributed by atoms with van der Waals surface area (Å²) in [6, 6.07) is 0.972. The number of nitrogen functional groups attached to an aromatic ring is 1. The Morgan fingerprint density at radius 3 is 2.47 bits per heavy atom. The number of ketones is 1. The van der Waals surface area contributed by atoms with Gasteiger partial charge in [0.25, 0.3) is 0 Å². The van der Waals surface area contributed by atoms with Crippen LogP contribution in [0.2, 0.25) is 0 Å². The molecule has 2 saturated carbocycles. The summed E-state index contributed by atoms with van der Waals surface area (Å²) in [7, 11) is 0. The van der Waals surface area contributed by atoms with Crippen LogP contribution in [0, 0.1) is 24.6 Å². The number of hydrogen-bond donors (Lipinski definition) is 2. The smallest absolute Gasteiger partial charge is 0.384 e. The van der Waals surface area contributed by atoms with Crippen molar-refractivity contribution in [2.24, 2.45) is 11.8 Å². The molecule has 3 aromatic rings. The van der Waals surface area contributed by atoms with E-state index in [1.54, 1.807) is 11.6 Å². The van der Waals surface area contributed by atoms with Gasteiger partial charge in [0.1, 0.15) is 22.8 Å². The first kappa shape index (κ1) is 23.3. The highest BCUT2D eigenvalue weighted by atomic mass is 19.4. The third-order valence-corrected chi connectivity index (χ3v) is 7.92. The van der Waals surface area contributed by atoms with Crippen molar-refractivity contribution < 1.29 is 22.4 Å². The molecule has 190 valence electrons. The Balaban J connectivity index is 1.69. The van der Waals surface area contributed by atoms with Gasteiger partial charge in [-0.05, 0) is 64.6 Å². The topological polar surface area (TPSA) is 98.7 Å². The van der Waals surface area contributed by atoms with Crippen LogP contribution in [-0.4, -0.2) is 38.6 Å². The number of nitrogens with two attached hydrogens (primary N) is 1. The summed E-state index contributed by atoms with van der Waals surface area (Å²) >= 11 is 0. The highest BCUT2D eigenvalue weighted by Crippen LogP contribution is 2.58. The second-order valence-electron chi connectivity index (χ2n) is 10.3. The summed E-state index contributed by atoms with van der Waals surface area (Å²) in [6.45, 7) is 5.91. The second kappa shape index (κ2) is 7.71. The number of carbonyl (C=O) groups excluding carboxylic acids is 1. The standard InChI is InChI=1S/C25H26F4N6O/c1-9(11(3)36)21-18-23(17-14-7-31-8-15(14)17)34-35(12-4-5-12)24(18)20(26)22(33-21)13-6-16(30)32-10(2)19(13)25(27,28)29/h6,9,12,14-15,17,31H,4-5,7-8H2,1-3H3,(H2,30,32). The lowest BCUT2D eigenvalue weighted by molar-refractivity contribution is -0.137. The molecule has 36 heavy (non-hydrogen) atoms. The fraction of sp³-hybridized carbons (Fsp3) is 0.520. The van der Waals surface area contributed by atoms with E-state index in [1.807, 2.05) is 0 Å². The third-order valence-electron chi connectivity index (χ3n) is 7.92. The number of rotatable bonds is 5. The fourth-order valence-corrected chi connectivity index (χ4v) is 5.82. The van der Waals surface area contributed by atoms with E-state index in [0.717, 1.165) is 32.0 Å². The molecule has 3 unspecified atom stereocenters. The fourth-order valence-electron chi connectivity index (χ4n) is 5.82. The zero-order valence-corrected chi connectivity index (χ0v) is 20.1. The van der Waals surface area contributed by atoms with Crippen molar-refractivity contribution in [1.29, 1.82) is 0 Å². The molecular formula is C25H26F4N6O. The van der Waals surface area contributed by atoms with Crippen molar-refractivity contribution in [2.75, 3.05) is 18.8 Å². The summed E-state index contributed by atoms with van der Waals surface area (Å²) in [5.74, 6) is -1.16. The van der Waals surface area contributed by atoms with Gasteiger partial charge in [0.05, 0.1) is 34.6 Å². The van der Waals surface area contributed by atoms with Crippen molar-refractivity contribution >= 4 is 22.5 Å². The highest BCUT2D eigenvalue weighted by molar-refractivity contribution is 5.95. The SMILES string of the molecule is CC(=O)C(C)c1nc(-c2cc(N)nc(C)c2C(F)(F)F)c(F)c2c1c(C1C3CNCC31)nn2C1CC1. The molecule has 0 amide bonds. The van der Waals surface area contributed by atoms with Gasteiger partial charge in [0.15, 0.2) is 5.82 Å². The first-order valence-electron chi connectivity index (χ1n) is 12.2. The number of alkyl halides is 3. The lowest BCUT2D eigenvalue weighted by atomic mass is 9.94. The summed E-state index contributed by atoms with van der Waals surface area (Å²) in [6.07, 6.45) is -3.20. The number of nitrogens with one attached hydrogen (secondary N) is 1. The zero-order valence-electron chi connectivity index (χ0n) is 20.1. The predicted octanol–water partition coefficient (Wildman–Crippen LogP) is 4.50. The largest absolute Gasteiger partial charge is 0.418 e. The van der Waals surface area contributed by atoms with E-state index in [0.29, 0.717) is 22.9 Å². The molecule has 3 N–H and O–H groups in total. The Labute approximate surface area is 204 Å². The molecule has 1 saturated heterocycles. The van der Waals surface area contributed by atoms with Crippen LogP contribution in [0.25, 0.3) is 22.2 Å². The van der Waals surface area contributed by atoms with Gasteiger partial charge in [-0.1, -0.05) is 0 Å². The van der Waals surface area contributed by atoms with Gasteiger partial charge in [0, 0.05) is 16.9 Å². The van der Waals surface area contributed by atoms with Crippen LogP contribution in [0.3, 0.4) is 0 Å². The molecular weight excluding hydrogens is 476 g/mol. The number of pyridine rings is 2. The van der Waals surface area contributed by atoms with E-state index in [1.165, 1.54) is 13.8 Å². The van der Waals surface area contributed by atoms with Gasteiger partial charge in [-0.2, -0.15) is 18.3 Å². The van der Waals surface area contributed by atoms with E-state index in [9.17, 15) is 18.0 Å². The van der Waals surface area contributed by atoms with Crippen LogP contribution >= 0.6 is 0 Å². The summed E-state index contributed by atoms with van der Waals surface area (Å²) in [4.78, 5) is 20.7. The average Bonchev–Trinajstić information content (AvgIpc) is 3.66. The second-order valence-corrected chi connectivity index (χ2v) is 10.3. The van der Waals surface area contributed by atoms with Crippen LogP contribution in [0.4, 0.5) is 23.4 Å². The number of fused-ring (bicyclic) bond motifs is 2. The van der Waals surface area contributed by atoms with Crippen molar-refractivity contribution in [3.63, 3.8) is 0 Å². The minimum absolute atomic E-state index is 0.0328. The molecule has 0 bridgehead atoms. The summed E-state index contributed by atoms with van der Waals surface area (Å²) in [5, 5.41) is 8.65. The molecule has 0 radical (unpaired) electrons. The monoisotopic (exact) mass is 502 g/mol. The minimum Gasteiger partial charge on any atom is -0.384 e. The van der Waals surface area contributed by atoms with Gasteiger partial charge in [-0.25, -0.2) is 14.4 Å². The molecule has 6 rings (SSSR count). The van der Waals surface area contributed by atoms with Crippen molar-refractivity contribution in [2.45, 2.75) is 57.7 Å². The lowest BCUT2D eigenvalue weighted by Crippen LogP contribution is -2.16. The first-order valence-corrected chi connectivity index (χ1v) is 12.2. The number of Topliss-reactive ketones (excluding diaryl/α,β-unsaturated/α-hetero) is 1. The molecule has 4 heterocycles. The molecule has 7 nitrogen and oxygen atoms in total. The van der Waals surface area contributed by atoms with Gasteiger partial charge in [-0.3, -0.25) is 9.48 Å². The summed E-state index contributed by atoms with van der Waals surface area (Å²) < 4.78 is 60.4. The molecule has 1 aliphatic heterocycles. The van der Waals surface area contributed by atoms with Crippen molar-refractivity contribution in [3.05, 3.63) is 34.5 Å². The van der Waals surface area contributed by atoms with E-state index in [-0.39, 0.29) is 40.5 Å². The first-order chi connectivity index (χ1) is 17.0. The molecule has 11 heteroatoms. The van der Waals surface area contributed by atoms with Crippen molar-refractivity contribution in [1.82, 2.24) is 25.1 Å². The molecule has 2 aliphatic carbocycles. The highest BCUT2D eigenvalue weighted by Gasteiger charge is 2.56. The molecule has 0 spiro atoms. The Bertz CT molecular complexity index is 1420. The third kappa shape index (κ3) is 3.42. The summed E-state index contributed by atoms with van der Waals surface area (Å²) in [5.41, 5.74) is 4.46. The predicted molar refractivity (Wildman–Crippen MR) is 125 cm³/mol. The molecule has 3 aliphatic rings. The van der Waals surface area contributed by atoms with Gasteiger partial charge in [-0.15, -0.1) is 0 Å². The van der Waals surface area contributed by atoms with E-state index >= 15 is 4.39 Å². The number of piperidine rings is 1. The van der Waals surface area contributed by atoms with Crippen LogP contribution in [0.15, 0.2) is 6.07 Å². The molecule has 3 atom stereocenters. The number of halogens is 4. The van der Waals surface area contributed by atoms with Crippen LogP contribution in [-0.2, 0) is 11.0 Å². The van der Waals surface area contributed by atoms with Crippen LogP contribution in [0.5, 0.6) is 0 Å². The number of anilines is 1. The quantitative estimate of drug-likeness (QED) is 0.499. The maximum atomic E-state index is 16.4. The van der Waals surface area contributed by atoms with Gasteiger partial charge in [0.2, 0.25) is 0 Å². The molecule has 3 aromatic heterocycles. The van der Waals surface area contributed by atoms with Crippen LogP contribution in [0.1, 0.15) is 67.2 Å². The van der Waals surface area contributed by atoms with Gasteiger partial charge >= 0.3 is 6.18 Å². The Morgan fingerprint density at radius 2 is 1.89 bits per heavy atom. The number of carbonyl (C=O) groups is 1. The number of hydrogen-bond acceptors (Lipinski definition) is 6. The molecule has 3 fully saturated rings. The number of aromatic nitrogens is 4. The zero-order chi connectivity index (χ0) is 25.7. The van der Waals surface area contributed by atoms with E-state index in [2.05, 4.69) is 15.3 Å². The maximum absolute atomic E-state index is 16.4. The Morgan fingerprint density at radius 1 is 1.22 bits per heavy atom. The van der Waals surface area contributed by atoms with Gasteiger partial charge < -0.3 is 11.1 Å². The van der Waals surface area contributed by atoms with Crippen molar-refractivity contribution in [3.8, 4) is 11.3 Å². The van der Waals surface area contributed by atoms with Crippen LogP contribution < -0.4 is 11.1 Å². The Hall–Kier alpha value is -3.08. The van der Waals surface area contributed by atoms with E-state index in [4.69, 9.17) is 10.8 Å². The molecule has 0 aromatic carbocycles. The number of aryl methyl sites for hydroxylation is 1. The number of nitrogens with zero attached hydrogens (tertiary/aromatic N) is 4.